The molecule has 0 spiro atoms. The van der Waals surface area contributed by atoms with E-state index in [2.05, 4.69) is 16.3 Å². The number of hydrogen-bond donors (Lipinski definition) is 0. The molecule has 1 aliphatic carbocycles. The van der Waals surface area contributed by atoms with Crippen molar-refractivity contribution in [3.8, 4) is 0 Å². The number of hydrogen-bond acceptors (Lipinski definition) is 3. The second-order valence-corrected chi connectivity index (χ2v) is 3.64. The maximum absolute atomic E-state index is 10.1. The second kappa shape index (κ2) is 3.81. The predicted molar refractivity (Wildman–Crippen MR) is 49.7 cm³/mol. The van der Waals surface area contributed by atoms with Crippen molar-refractivity contribution < 1.29 is 4.79 Å². The van der Waals surface area contributed by atoms with Gasteiger partial charge in [-0.3, -0.25) is 0 Å². The number of rotatable bonds is 4. The Bertz CT molecular complexity index is 242. The van der Waals surface area contributed by atoms with Gasteiger partial charge in [0.1, 0.15) is 6.29 Å². The third-order valence-corrected chi connectivity index (χ3v) is 2.73. The number of aldehydes is 1. The Morgan fingerprint density at radius 1 is 1.23 bits per heavy atom. The lowest BCUT2D eigenvalue weighted by Crippen LogP contribution is -1.99. The number of allylic oxidation sites excluding steroid dienone is 1. The van der Waals surface area contributed by atoms with Crippen LogP contribution in [-0.4, -0.2) is 18.4 Å². The smallest absolute Gasteiger partial charge is 0.120 e. The van der Waals surface area contributed by atoms with E-state index in [0.717, 1.165) is 19.1 Å². The molecule has 70 valence electrons. The van der Waals surface area contributed by atoms with E-state index in [1.54, 1.807) is 0 Å². The molecular weight excluding hydrogens is 164 g/mol. The molecule has 2 aliphatic rings. The first-order chi connectivity index (χ1) is 6.42. The lowest BCUT2D eigenvalue weighted by atomic mass is 10.1. The molecule has 1 saturated carbocycles. The Morgan fingerprint density at radius 3 is 2.46 bits per heavy atom. The Hall–Kier alpha value is -0.990. The fourth-order valence-corrected chi connectivity index (χ4v) is 2.02. The van der Waals surface area contributed by atoms with Crippen LogP contribution in [0, 0.1) is 0 Å². The first-order valence-electron chi connectivity index (χ1n) is 4.95. The predicted octanol–water partition coefficient (Wildman–Crippen LogP) is 2.28. The van der Waals surface area contributed by atoms with E-state index in [9.17, 15) is 4.79 Å². The lowest BCUT2D eigenvalue weighted by Gasteiger charge is -1.99. The zero-order valence-corrected chi connectivity index (χ0v) is 7.65. The molecule has 0 aromatic heterocycles. The summed E-state index contributed by atoms with van der Waals surface area (Å²) < 4.78 is 0. The Balaban J connectivity index is 1.84. The van der Waals surface area contributed by atoms with Gasteiger partial charge in [-0.2, -0.15) is 10.2 Å². The van der Waals surface area contributed by atoms with Crippen molar-refractivity contribution >= 4 is 6.29 Å². The van der Waals surface area contributed by atoms with Gasteiger partial charge >= 0.3 is 0 Å². The van der Waals surface area contributed by atoms with Gasteiger partial charge in [0.15, 0.2) is 0 Å². The highest BCUT2D eigenvalue weighted by Gasteiger charge is 2.34. The van der Waals surface area contributed by atoms with Crippen molar-refractivity contribution in [2.45, 2.75) is 44.2 Å². The Kier molecular flexibility index (Phi) is 2.52. The molecule has 0 amide bonds. The average molecular weight is 178 g/mol. The topological polar surface area (TPSA) is 41.8 Å². The SMILES string of the molecule is O=CCCCC=C1[C@@H]2CC[C@H]1N=N2. The van der Waals surface area contributed by atoms with E-state index in [0.29, 0.717) is 18.5 Å². The summed E-state index contributed by atoms with van der Waals surface area (Å²) in [6.07, 6.45) is 8.22. The fraction of sp³-hybridized carbons (Fsp3) is 0.700. The highest BCUT2D eigenvalue weighted by atomic mass is 16.1. The quantitative estimate of drug-likeness (QED) is 0.370. The summed E-state index contributed by atoms with van der Waals surface area (Å²) in [7, 11) is 0. The van der Waals surface area contributed by atoms with Gasteiger partial charge in [0.2, 0.25) is 0 Å². The maximum Gasteiger partial charge on any atom is 0.120 e. The first-order valence-corrected chi connectivity index (χ1v) is 4.95. The molecule has 1 fully saturated rings. The Morgan fingerprint density at radius 2 is 1.92 bits per heavy atom. The molecule has 1 heterocycles. The van der Waals surface area contributed by atoms with Crippen LogP contribution in [0.2, 0.25) is 0 Å². The van der Waals surface area contributed by atoms with Gasteiger partial charge < -0.3 is 4.79 Å². The highest BCUT2D eigenvalue weighted by Crippen LogP contribution is 2.36. The van der Waals surface area contributed by atoms with Crippen molar-refractivity contribution in [3.05, 3.63) is 11.6 Å². The zero-order chi connectivity index (χ0) is 9.10. The van der Waals surface area contributed by atoms with Crippen LogP contribution in [0.5, 0.6) is 0 Å². The molecule has 1 aliphatic heterocycles. The molecule has 13 heavy (non-hydrogen) atoms. The molecule has 0 saturated heterocycles. The maximum atomic E-state index is 10.1. The van der Waals surface area contributed by atoms with Crippen molar-refractivity contribution in [2.24, 2.45) is 10.2 Å². The largest absolute Gasteiger partial charge is 0.303 e. The molecule has 0 aromatic rings. The van der Waals surface area contributed by atoms with Crippen molar-refractivity contribution in [1.82, 2.24) is 0 Å². The summed E-state index contributed by atoms with van der Waals surface area (Å²) in [5.41, 5.74) is 1.41. The number of azo groups is 1. The van der Waals surface area contributed by atoms with Crippen LogP contribution in [0.15, 0.2) is 21.9 Å². The van der Waals surface area contributed by atoms with Gasteiger partial charge in [0.25, 0.3) is 0 Å². The standard InChI is InChI=1S/C10H14N2O/c13-7-3-1-2-4-8-9-5-6-10(8)12-11-9/h4,7,9-10H,1-3,5-6H2/t9-,10+. The van der Waals surface area contributed by atoms with Crippen LogP contribution in [-0.2, 0) is 4.79 Å². The van der Waals surface area contributed by atoms with E-state index < -0.39 is 0 Å². The molecule has 2 bridgehead atoms. The molecule has 2 rings (SSSR count). The van der Waals surface area contributed by atoms with Gasteiger partial charge in [-0.15, -0.1) is 0 Å². The van der Waals surface area contributed by atoms with Gasteiger partial charge in [0, 0.05) is 6.42 Å². The highest BCUT2D eigenvalue weighted by molar-refractivity contribution is 5.49. The van der Waals surface area contributed by atoms with Crippen LogP contribution >= 0.6 is 0 Å². The van der Waals surface area contributed by atoms with Crippen molar-refractivity contribution in [3.63, 3.8) is 0 Å². The third kappa shape index (κ3) is 1.69. The van der Waals surface area contributed by atoms with E-state index in [-0.39, 0.29) is 0 Å². The molecule has 0 aromatic carbocycles. The molecule has 3 heteroatoms. The van der Waals surface area contributed by atoms with Crippen LogP contribution < -0.4 is 0 Å². The number of nitrogens with zero attached hydrogens (tertiary/aromatic N) is 2. The second-order valence-electron chi connectivity index (χ2n) is 3.64. The number of carbonyl (C=O) groups is 1. The molecule has 0 unspecified atom stereocenters. The van der Waals surface area contributed by atoms with Crippen LogP contribution in [0.3, 0.4) is 0 Å². The lowest BCUT2D eigenvalue weighted by molar-refractivity contribution is -0.107. The molecular formula is C10H14N2O. The monoisotopic (exact) mass is 178 g/mol. The summed E-state index contributed by atoms with van der Waals surface area (Å²) >= 11 is 0. The molecule has 0 N–H and O–H groups in total. The van der Waals surface area contributed by atoms with Gasteiger partial charge in [-0.05, 0) is 31.3 Å². The summed E-state index contributed by atoms with van der Waals surface area (Å²) in [5.74, 6) is 0. The summed E-state index contributed by atoms with van der Waals surface area (Å²) in [5, 5.41) is 8.34. The van der Waals surface area contributed by atoms with Crippen molar-refractivity contribution in [2.75, 3.05) is 0 Å². The van der Waals surface area contributed by atoms with E-state index in [1.807, 2.05) is 0 Å². The van der Waals surface area contributed by atoms with Gasteiger partial charge in [-0.25, -0.2) is 0 Å². The van der Waals surface area contributed by atoms with Crippen LogP contribution in [0.1, 0.15) is 32.1 Å². The number of carbonyl (C=O) groups excluding carboxylic acids is 1. The van der Waals surface area contributed by atoms with Gasteiger partial charge in [-0.1, -0.05) is 6.08 Å². The van der Waals surface area contributed by atoms with E-state index >= 15 is 0 Å². The number of fused-ring (bicyclic) bond motifs is 2. The average Bonchev–Trinajstić information content (AvgIpc) is 2.72. The fourth-order valence-electron chi connectivity index (χ4n) is 2.02. The van der Waals surface area contributed by atoms with Crippen LogP contribution in [0.4, 0.5) is 0 Å². The third-order valence-electron chi connectivity index (χ3n) is 2.73. The minimum absolute atomic E-state index is 0.390. The van der Waals surface area contributed by atoms with Crippen LogP contribution in [0.25, 0.3) is 0 Å². The van der Waals surface area contributed by atoms with E-state index in [1.165, 1.54) is 18.4 Å². The van der Waals surface area contributed by atoms with Crippen molar-refractivity contribution in [1.29, 1.82) is 0 Å². The Labute approximate surface area is 77.9 Å². The summed E-state index contributed by atoms with van der Waals surface area (Å²) in [4.78, 5) is 10.1. The minimum Gasteiger partial charge on any atom is -0.303 e. The van der Waals surface area contributed by atoms with Gasteiger partial charge in [0.05, 0.1) is 12.1 Å². The normalized spacial score (nSPS) is 33.1. The molecule has 2 atom stereocenters. The summed E-state index contributed by atoms with van der Waals surface area (Å²) in [6, 6.07) is 0.780. The van der Waals surface area contributed by atoms with E-state index in [4.69, 9.17) is 0 Å². The summed E-state index contributed by atoms with van der Waals surface area (Å²) in [6.45, 7) is 0. The minimum atomic E-state index is 0.390. The molecule has 3 nitrogen and oxygen atoms in total. The first kappa shape index (κ1) is 8.60. The zero-order valence-electron chi connectivity index (χ0n) is 7.65. The molecule has 0 radical (unpaired) electrons. The number of unbranched alkanes of at least 4 members (excludes halogenated alkanes) is 2.